The zero-order chi connectivity index (χ0) is 24.2. The molecular weight excluding hydrogens is 440 g/mol. The first-order valence-electron chi connectivity index (χ1n) is 11.7. The Kier molecular flexibility index (Phi) is 5.45. The first-order chi connectivity index (χ1) is 16.1. The third-order valence-corrected chi connectivity index (χ3v) is 6.29. The number of fused-ring (bicyclic) bond motifs is 1. The molecule has 1 amide bonds. The van der Waals surface area contributed by atoms with Crippen LogP contribution in [0.1, 0.15) is 52.0 Å². The molecule has 7 nitrogen and oxygen atoms in total. The molecule has 9 heteroatoms. The fourth-order valence-corrected chi connectivity index (χ4v) is 4.63. The average Bonchev–Trinajstić information content (AvgIpc) is 3.51. The lowest BCUT2D eigenvalue weighted by molar-refractivity contribution is 0.0218. The van der Waals surface area contributed by atoms with Gasteiger partial charge in [0.15, 0.2) is 0 Å². The van der Waals surface area contributed by atoms with Crippen molar-refractivity contribution in [2.75, 3.05) is 24.5 Å². The van der Waals surface area contributed by atoms with Gasteiger partial charge in [-0.15, -0.1) is 0 Å². The molecule has 0 N–H and O–H groups in total. The van der Waals surface area contributed by atoms with Gasteiger partial charge in [0.2, 0.25) is 0 Å². The van der Waals surface area contributed by atoms with Gasteiger partial charge in [0.05, 0.1) is 11.1 Å². The van der Waals surface area contributed by atoms with Crippen molar-refractivity contribution in [1.29, 1.82) is 0 Å². The molecule has 0 bridgehead atoms. The molecule has 5 rings (SSSR count). The lowest BCUT2D eigenvalue weighted by Crippen LogP contribution is -2.54. The van der Waals surface area contributed by atoms with E-state index in [9.17, 15) is 13.6 Å². The Morgan fingerprint density at radius 1 is 1.09 bits per heavy atom. The minimum absolute atomic E-state index is 0.00128. The Balaban J connectivity index is 1.51. The van der Waals surface area contributed by atoms with Crippen LogP contribution in [0.15, 0.2) is 30.7 Å². The van der Waals surface area contributed by atoms with Crippen LogP contribution in [0.2, 0.25) is 0 Å². The average molecular weight is 470 g/mol. The Bertz CT molecular complexity index is 1230. The fraction of sp³-hybridized carbons (Fsp3) is 0.480. The molecule has 180 valence electrons. The minimum Gasteiger partial charge on any atom is -0.444 e. The van der Waals surface area contributed by atoms with E-state index in [1.165, 1.54) is 18.5 Å². The van der Waals surface area contributed by atoms with Gasteiger partial charge in [0, 0.05) is 37.9 Å². The molecule has 2 fully saturated rings. The van der Waals surface area contributed by atoms with E-state index in [0.717, 1.165) is 35.7 Å². The highest BCUT2D eigenvalue weighted by molar-refractivity contribution is 5.93. The van der Waals surface area contributed by atoms with Crippen LogP contribution in [0.3, 0.4) is 0 Å². The zero-order valence-corrected chi connectivity index (χ0v) is 19.9. The smallest absolute Gasteiger partial charge is 0.410 e. The molecule has 2 aromatic heterocycles. The summed E-state index contributed by atoms with van der Waals surface area (Å²) in [4.78, 5) is 25.6. The van der Waals surface area contributed by atoms with Gasteiger partial charge in [-0.3, -0.25) is 0 Å². The summed E-state index contributed by atoms with van der Waals surface area (Å²) in [7, 11) is 0. The Morgan fingerprint density at radius 2 is 1.79 bits per heavy atom. The zero-order valence-electron chi connectivity index (χ0n) is 19.9. The summed E-state index contributed by atoms with van der Waals surface area (Å²) in [5.41, 5.74) is 1.56. The summed E-state index contributed by atoms with van der Waals surface area (Å²) in [6, 6.07) is 3.48. The van der Waals surface area contributed by atoms with Crippen molar-refractivity contribution in [1.82, 2.24) is 19.4 Å². The van der Waals surface area contributed by atoms with E-state index >= 15 is 0 Å². The quantitative estimate of drug-likeness (QED) is 0.539. The van der Waals surface area contributed by atoms with Crippen LogP contribution in [-0.4, -0.2) is 56.8 Å². The number of anilines is 1. The molecule has 1 aliphatic carbocycles. The van der Waals surface area contributed by atoms with Crippen LogP contribution in [0, 0.1) is 11.6 Å². The standard InChI is InChI=1S/C25H29F2N5O2/c1-15-12-30(24(33)34-25(2,3)4)7-8-31(15)22-21-20(16-5-6-16)13-32(23(21)29-14-28-22)19-10-17(26)9-18(27)11-19/h9-11,13-16H,5-8,12H2,1-4H3. The summed E-state index contributed by atoms with van der Waals surface area (Å²) >= 11 is 0. The summed E-state index contributed by atoms with van der Waals surface area (Å²) in [6.07, 6.45) is 5.24. The summed E-state index contributed by atoms with van der Waals surface area (Å²) in [6.45, 7) is 9.25. The number of nitrogens with zero attached hydrogens (tertiary/aromatic N) is 5. The molecule has 3 heterocycles. The van der Waals surface area contributed by atoms with E-state index in [1.807, 2.05) is 27.0 Å². The topological polar surface area (TPSA) is 63.5 Å². The second-order valence-electron chi connectivity index (χ2n) is 10.2. The van der Waals surface area contributed by atoms with Gasteiger partial charge in [-0.1, -0.05) is 0 Å². The molecule has 1 saturated heterocycles. The highest BCUT2D eigenvalue weighted by atomic mass is 19.1. The number of halogens is 2. The third kappa shape index (κ3) is 4.31. The lowest BCUT2D eigenvalue weighted by Gasteiger charge is -2.41. The van der Waals surface area contributed by atoms with Gasteiger partial charge in [0.25, 0.3) is 0 Å². The number of carbonyl (C=O) groups is 1. The van der Waals surface area contributed by atoms with E-state index in [4.69, 9.17) is 4.74 Å². The van der Waals surface area contributed by atoms with Gasteiger partial charge < -0.3 is 19.1 Å². The first kappa shape index (κ1) is 22.6. The van der Waals surface area contributed by atoms with Crippen molar-refractivity contribution >= 4 is 22.9 Å². The Morgan fingerprint density at radius 3 is 2.41 bits per heavy atom. The van der Waals surface area contributed by atoms with Crippen molar-refractivity contribution in [2.45, 2.75) is 58.1 Å². The molecule has 3 aromatic rings. The summed E-state index contributed by atoms with van der Waals surface area (Å²) < 4.78 is 35.3. The first-order valence-corrected chi connectivity index (χ1v) is 11.7. The SMILES string of the molecule is CC1CN(C(=O)OC(C)(C)C)CCN1c1ncnc2c1c(C1CC1)cn2-c1cc(F)cc(F)c1. The van der Waals surface area contributed by atoms with E-state index in [1.54, 1.807) is 9.47 Å². The van der Waals surface area contributed by atoms with E-state index in [2.05, 4.69) is 21.8 Å². The van der Waals surface area contributed by atoms with Crippen LogP contribution in [0.25, 0.3) is 16.7 Å². The van der Waals surface area contributed by atoms with Crippen LogP contribution in [-0.2, 0) is 4.74 Å². The van der Waals surface area contributed by atoms with E-state index in [0.29, 0.717) is 36.9 Å². The van der Waals surface area contributed by atoms with Crippen LogP contribution in [0.5, 0.6) is 0 Å². The number of hydrogen-bond donors (Lipinski definition) is 0. The van der Waals surface area contributed by atoms with Crippen molar-refractivity contribution < 1.29 is 18.3 Å². The highest BCUT2D eigenvalue weighted by Crippen LogP contribution is 2.46. The fourth-order valence-electron chi connectivity index (χ4n) is 4.63. The third-order valence-electron chi connectivity index (χ3n) is 6.29. The molecule has 1 aliphatic heterocycles. The van der Waals surface area contributed by atoms with Crippen molar-refractivity contribution in [3.8, 4) is 5.69 Å². The highest BCUT2D eigenvalue weighted by Gasteiger charge is 2.34. The molecule has 1 aromatic carbocycles. The largest absolute Gasteiger partial charge is 0.444 e. The number of piperazine rings is 1. The normalized spacial score (nSPS) is 19.1. The van der Waals surface area contributed by atoms with Crippen LogP contribution >= 0.6 is 0 Å². The van der Waals surface area contributed by atoms with Crippen molar-refractivity contribution in [3.05, 3.63) is 47.9 Å². The molecular formula is C25H29F2N5O2. The number of ether oxygens (including phenoxy) is 1. The molecule has 1 atom stereocenters. The molecule has 0 radical (unpaired) electrons. The van der Waals surface area contributed by atoms with E-state index in [-0.39, 0.29) is 12.1 Å². The Labute approximate surface area is 197 Å². The lowest BCUT2D eigenvalue weighted by atomic mass is 10.1. The van der Waals surface area contributed by atoms with E-state index < -0.39 is 17.2 Å². The number of benzene rings is 1. The monoisotopic (exact) mass is 469 g/mol. The number of hydrogen-bond acceptors (Lipinski definition) is 5. The maximum absolute atomic E-state index is 14.0. The van der Waals surface area contributed by atoms with Gasteiger partial charge in [-0.25, -0.2) is 23.5 Å². The number of carbonyl (C=O) groups excluding carboxylic acids is 1. The molecule has 0 spiro atoms. The van der Waals surface area contributed by atoms with Crippen LogP contribution in [0.4, 0.5) is 19.4 Å². The summed E-state index contributed by atoms with van der Waals surface area (Å²) in [5.74, 6) is -0.0962. The van der Waals surface area contributed by atoms with Gasteiger partial charge in [0.1, 0.15) is 35.0 Å². The maximum Gasteiger partial charge on any atom is 0.410 e. The minimum atomic E-state index is -0.633. The Hall–Kier alpha value is -3.23. The number of amides is 1. The molecule has 2 aliphatic rings. The molecule has 1 saturated carbocycles. The van der Waals surface area contributed by atoms with Gasteiger partial charge in [-0.2, -0.15) is 0 Å². The van der Waals surface area contributed by atoms with Gasteiger partial charge >= 0.3 is 6.09 Å². The predicted octanol–water partition coefficient (Wildman–Crippen LogP) is 5.02. The van der Waals surface area contributed by atoms with Crippen molar-refractivity contribution in [2.24, 2.45) is 0 Å². The molecule has 34 heavy (non-hydrogen) atoms. The second kappa shape index (κ2) is 8.21. The maximum atomic E-state index is 14.0. The van der Waals surface area contributed by atoms with Crippen molar-refractivity contribution in [3.63, 3.8) is 0 Å². The van der Waals surface area contributed by atoms with Gasteiger partial charge in [-0.05, 0) is 64.2 Å². The predicted molar refractivity (Wildman–Crippen MR) is 125 cm³/mol. The van der Waals surface area contributed by atoms with Crippen LogP contribution < -0.4 is 4.90 Å². The number of rotatable bonds is 3. The second-order valence-corrected chi connectivity index (χ2v) is 10.2. The molecule has 1 unspecified atom stereocenters. The number of aromatic nitrogens is 3. The summed E-state index contributed by atoms with van der Waals surface area (Å²) in [5, 5.41) is 0.909.